The minimum Gasteiger partial charge on any atom is -0.508 e. The van der Waals surface area contributed by atoms with Crippen LogP contribution in [0.2, 0.25) is 0 Å². The van der Waals surface area contributed by atoms with Gasteiger partial charge in [0.15, 0.2) is 0 Å². The third-order valence-electron chi connectivity index (χ3n) is 7.64. The first kappa shape index (κ1) is 23.2. The van der Waals surface area contributed by atoms with Crippen LogP contribution in [0.4, 0.5) is 0 Å². The van der Waals surface area contributed by atoms with Gasteiger partial charge in [-0.15, -0.1) is 0 Å². The van der Waals surface area contributed by atoms with Crippen LogP contribution in [0.1, 0.15) is 39.8 Å². The molecule has 0 aliphatic carbocycles. The highest BCUT2D eigenvalue weighted by Crippen LogP contribution is 2.63. The summed E-state index contributed by atoms with van der Waals surface area (Å²) in [5, 5.41) is 51.8. The molecule has 0 amide bonds. The summed E-state index contributed by atoms with van der Waals surface area (Å²) >= 11 is 0. The van der Waals surface area contributed by atoms with Crippen molar-refractivity contribution in [3.8, 4) is 40.2 Å². The first-order valence-electron chi connectivity index (χ1n) is 12.3. The molecule has 0 saturated heterocycles. The number of aliphatic hydroxyl groups excluding tert-OH is 1. The maximum atomic E-state index is 13.8. The van der Waals surface area contributed by atoms with E-state index in [4.69, 9.17) is 14.2 Å². The van der Waals surface area contributed by atoms with Gasteiger partial charge in [0.05, 0.1) is 12.0 Å². The fourth-order valence-corrected chi connectivity index (χ4v) is 5.92. The number of benzene rings is 4. The van der Waals surface area contributed by atoms with Crippen molar-refractivity contribution in [2.75, 3.05) is 0 Å². The highest BCUT2D eigenvalue weighted by molar-refractivity contribution is 5.92. The third-order valence-corrected chi connectivity index (χ3v) is 7.64. The van der Waals surface area contributed by atoms with E-state index >= 15 is 0 Å². The zero-order valence-corrected chi connectivity index (χ0v) is 20.2. The molecule has 0 bridgehead atoms. The van der Waals surface area contributed by atoms with Crippen LogP contribution in [0.25, 0.3) is 0 Å². The van der Waals surface area contributed by atoms with E-state index in [2.05, 4.69) is 0 Å². The monoisotopic (exact) mass is 526 g/mol. The molecule has 0 fully saturated rings. The first-order chi connectivity index (χ1) is 18.8. The largest absolute Gasteiger partial charge is 0.508 e. The number of phenolic OH excluding ortho intramolecular Hbond substituents is 4. The van der Waals surface area contributed by atoms with E-state index in [1.165, 1.54) is 30.3 Å². The predicted octanol–water partition coefficient (Wildman–Crippen LogP) is 3.88. The smallest absolute Gasteiger partial charge is 0.361 e. The van der Waals surface area contributed by atoms with Crippen molar-refractivity contribution in [2.24, 2.45) is 0 Å². The molecule has 3 heterocycles. The number of ether oxygens (including phenoxy) is 3. The van der Waals surface area contributed by atoms with Crippen molar-refractivity contribution in [3.63, 3.8) is 0 Å². The molecule has 4 aromatic rings. The fraction of sp³-hybridized carbons (Fsp3) is 0.167. The van der Waals surface area contributed by atoms with Crippen molar-refractivity contribution in [1.82, 2.24) is 0 Å². The Morgan fingerprint density at radius 3 is 2.18 bits per heavy atom. The molecule has 7 rings (SSSR count). The van der Waals surface area contributed by atoms with Crippen molar-refractivity contribution < 1.29 is 44.5 Å². The van der Waals surface area contributed by atoms with Gasteiger partial charge in [0.25, 0.3) is 0 Å². The average molecular weight is 526 g/mol. The minimum absolute atomic E-state index is 0.00834. The molecule has 9 heteroatoms. The number of aromatic hydroxyl groups is 4. The van der Waals surface area contributed by atoms with Crippen LogP contribution < -0.4 is 14.2 Å². The Labute approximate surface area is 221 Å². The molecule has 196 valence electrons. The number of hydrogen-bond donors (Lipinski definition) is 5. The van der Waals surface area contributed by atoms with Crippen LogP contribution in [-0.4, -0.2) is 37.6 Å². The maximum Gasteiger partial charge on any atom is 0.361 e. The molecular formula is C30H22O9. The lowest BCUT2D eigenvalue weighted by Gasteiger charge is -2.38. The van der Waals surface area contributed by atoms with Gasteiger partial charge in [0.2, 0.25) is 5.60 Å². The highest BCUT2D eigenvalue weighted by Gasteiger charge is 2.63. The molecule has 3 aliphatic rings. The van der Waals surface area contributed by atoms with Crippen LogP contribution in [0, 0.1) is 0 Å². The second kappa shape index (κ2) is 8.05. The van der Waals surface area contributed by atoms with E-state index < -0.39 is 29.7 Å². The molecule has 0 spiro atoms. The Hall–Kier alpha value is -4.89. The minimum atomic E-state index is -1.78. The number of esters is 1. The zero-order valence-electron chi connectivity index (χ0n) is 20.2. The lowest BCUT2D eigenvalue weighted by molar-refractivity contribution is -0.155. The second-order valence-corrected chi connectivity index (χ2v) is 9.95. The van der Waals surface area contributed by atoms with E-state index in [1.807, 2.05) is 0 Å². The average Bonchev–Trinajstić information content (AvgIpc) is 3.26. The van der Waals surface area contributed by atoms with Gasteiger partial charge in [0.1, 0.15) is 46.4 Å². The number of phenols is 4. The highest BCUT2D eigenvalue weighted by atomic mass is 16.6. The Morgan fingerprint density at radius 1 is 0.769 bits per heavy atom. The maximum absolute atomic E-state index is 13.8. The van der Waals surface area contributed by atoms with Gasteiger partial charge in [0, 0.05) is 35.2 Å². The molecule has 5 N–H and O–H groups in total. The summed E-state index contributed by atoms with van der Waals surface area (Å²) in [4.78, 5) is 13.8. The summed E-state index contributed by atoms with van der Waals surface area (Å²) in [5.74, 6) is -1.54. The van der Waals surface area contributed by atoms with E-state index in [0.717, 1.165) is 6.07 Å². The molecule has 4 aromatic carbocycles. The van der Waals surface area contributed by atoms with Crippen LogP contribution in [0.3, 0.4) is 0 Å². The molecule has 1 unspecified atom stereocenters. The van der Waals surface area contributed by atoms with E-state index in [9.17, 15) is 30.3 Å². The van der Waals surface area contributed by atoms with Crippen molar-refractivity contribution in [2.45, 2.75) is 30.1 Å². The predicted molar refractivity (Wildman–Crippen MR) is 135 cm³/mol. The Balaban J connectivity index is 1.47. The molecular weight excluding hydrogens is 504 g/mol. The van der Waals surface area contributed by atoms with Gasteiger partial charge in [-0.3, -0.25) is 0 Å². The SMILES string of the molecule is O=C1Oc2cc(O)cc(O)c2C2c3c(ccc4c3O[C@H](c3ccc(O)cc3)[C@H](O)C4)O[C@]12c1ccc(O)cc1. The Kier molecular flexibility index (Phi) is 4.80. The van der Waals surface area contributed by atoms with E-state index in [1.54, 1.807) is 36.4 Å². The third kappa shape index (κ3) is 3.26. The fourth-order valence-electron chi connectivity index (χ4n) is 5.92. The van der Waals surface area contributed by atoms with Gasteiger partial charge in [-0.2, -0.15) is 0 Å². The van der Waals surface area contributed by atoms with Gasteiger partial charge in [-0.1, -0.05) is 30.3 Å². The normalized spacial score (nSPS) is 24.3. The first-order valence-corrected chi connectivity index (χ1v) is 12.3. The van der Waals surface area contributed by atoms with Crippen molar-refractivity contribution >= 4 is 5.97 Å². The zero-order chi connectivity index (χ0) is 27.1. The number of rotatable bonds is 2. The second-order valence-electron chi connectivity index (χ2n) is 9.95. The summed E-state index contributed by atoms with van der Waals surface area (Å²) in [5.41, 5.74) is 0.631. The molecule has 39 heavy (non-hydrogen) atoms. The molecule has 0 radical (unpaired) electrons. The summed E-state index contributed by atoms with van der Waals surface area (Å²) in [6.07, 6.45) is -1.43. The molecule has 3 aliphatic heterocycles. The lowest BCUT2D eigenvalue weighted by Crippen LogP contribution is -2.49. The molecule has 9 nitrogen and oxygen atoms in total. The molecule has 0 aromatic heterocycles. The van der Waals surface area contributed by atoms with Gasteiger partial charge in [-0.05, 0) is 41.5 Å². The number of carbonyl (C=O) groups excluding carboxylic acids is 1. The van der Waals surface area contributed by atoms with Crippen LogP contribution in [0.5, 0.6) is 40.2 Å². The summed E-state index contributed by atoms with van der Waals surface area (Å²) in [6, 6.07) is 18.2. The number of aliphatic hydroxyl groups is 1. The number of hydrogen-bond acceptors (Lipinski definition) is 9. The van der Waals surface area contributed by atoms with Crippen LogP contribution >= 0.6 is 0 Å². The van der Waals surface area contributed by atoms with Crippen molar-refractivity contribution in [3.05, 3.63) is 101 Å². The van der Waals surface area contributed by atoms with Gasteiger partial charge in [-0.25, -0.2) is 4.79 Å². The molecule has 0 saturated carbocycles. The van der Waals surface area contributed by atoms with E-state index in [0.29, 0.717) is 33.8 Å². The standard InChI is InChI=1S/C30H22O9/c31-17-6-1-14(2-7-17)27-21(35)11-15-3-10-22-25(28(15)38-27)26-24-20(34)12-19(33)13-23(24)37-29(36)30(26,39-22)16-4-8-18(32)9-5-16/h1-10,12-13,21,26-27,31-35H,11H2/t21-,26?,27-,30+/m1/s1. The Morgan fingerprint density at radius 2 is 1.46 bits per heavy atom. The Bertz CT molecular complexity index is 1650. The topological polar surface area (TPSA) is 146 Å². The van der Waals surface area contributed by atoms with Gasteiger partial charge >= 0.3 is 5.97 Å². The van der Waals surface area contributed by atoms with E-state index in [-0.39, 0.29) is 40.7 Å². The van der Waals surface area contributed by atoms with Gasteiger partial charge < -0.3 is 39.7 Å². The summed E-state index contributed by atoms with van der Waals surface area (Å²) in [6.45, 7) is 0. The summed E-state index contributed by atoms with van der Waals surface area (Å²) < 4.78 is 18.5. The van der Waals surface area contributed by atoms with Crippen molar-refractivity contribution in [1.29, 1.82) is 0 Å². The lowest BCUT2D eigenvalue weighted by atomic mass is 9.72. The quantitative estimate of drug-likeness (QED) is 0.194. The molecule has 4 atom stereocenters. The number of fused-ring (bicyclic) bond motifs is 7. The van der Waals surface area contributed by atoms with Crippen LogP contribution in [0.15, 0.2) is 72.8 Å². The number of carbonyl (C=O) groups is 1. The summed E-state index contributed by atoms with van der Waals surface area (Å²) in [7, 11) is 0. The van der Waals surface area contributed by atoms with Crippen LogP contribution in [-0.2, 0) is 16.8 Å².